The summed E-state index contributed by atoms with van der Waals surface area (Å²) >= 11 is 0. The number of ether oxygens (including phenoxy) is 3. The van der Waals surface area contributed by atoms with Crippen LogP contribution in [0.1, 0.15) is 91.2 Å². The molecule has 0 radical (unpaired) electrons. The minimum atomic E-state index is -0.799. The lowest BCUT2D eigenvalue weighted by Crippen LogP contribution is -2.46. The predicted octanol–water partition coefficient (Wildman–Crippen LogP) is 16.3. The number of hydrogen-bond donors (Lipinski definition) is 6. The number of methoxy groups -OCH3 is 3. The molecule has 4 fully saturated rings. The number of benzene rings is 6. The fraction of sp³-hybridized carbons (Fsp3) is 0.303. The summed E-state index contributed by atoms with van der Waals surface area (Å²) in [5.41, 5.74) is 18.0. The molecule has 0 saturated carbocycles. The number of hydrogen-bond acceptors (Lipinski definition) is 30. The molecule has 12 aliphatic rings. The molecule has 4 saturated heterocycles. The van der Waals surface area contributed by atoms with Crippen LogP contribution in [0.5, 0.6) is 0 Å². The Morgan fingerprint density at radius 1 is 0.386 bits per heavy atom. The number of likely N-dealkylation sites (tertiary alicyclic amines) is 4. The largest absolute Gasteiger partial charge is 0.384 e. The first kappa shape index (κ1) is 98.2. The summed E-state index contributed by atoms with van der Waals surface area (Å²) in [6.45, 7) is 10.3. The Kier molecular flexibility index (Phi) is 29.8. The fourth-order valence-corrected chi connectivity index (χ4v) is 20.3. The molecule has 0 unspecified atom stereocenters. The van der Waals surface area contributed by atoms with Gasteiger partial charge < -0.3 is 44.9 Å². The van der Waals surface area contributed by atoms with E-state index >= 15 is 0 Å². The summed E-state index contributed by atoms with van der Waals surface area (Å²) in [4.78, 5) is 120. The summed E-state index contributed by atoms with van der Waals surface area (Å²) in [5, 5.41) is 67.2. The Bertz CT molecular complexity index is 6840. The van der Waals surface area contributed by atoms with Crippen molar-refractivity contribution in [2.45, 2.75) is 57.8 Å². The van der Waals surface area contributed by atoms with Crippen molar-refractivity contribution in [2.24, 2.45) is 46.9 Å². The number of anilines is 3. The number of piperidine rings is 1. The molecular weight excluding hydrogens is 1840 g/mol. The number of amides is 6. The van der Waals surface area contributed by atoms with Crippen molar-refractivity contribution in [1.82, 2.24) is 74.5 Å². The van der Waals surface area contributed by atoms with Gasteiger partial charge in [-0.3, -0.25) is 59.1 Å². The van der Waals surface area contributed by atoms with Gasteiger partial charge in [-0.05, 0) is 215 Å². The van der Waals surface area contributed by atoms with E-state index in [0.29, 0.717) is 178 Å². The number of nitrogens with one attached hydrogen (secondary N) is 3. The number of azo groups is 3. The molecule has 0 spiro atoms. The maximum Gasteiger partial charge on any atom is 0.237 e. The van der Waals surface area contributed by atoms with Gasteiger partial charge in [0.15, 0.2) is 17.5 Å². The number of allylic oxidation sites excluding steroid dienone is 10. The van der Waals surface area contributed by atoms with Gasteiger partial charge in [0, 0.05) is 221 Å². The predicted molar refractivity (Wildman–Crippen MR) is 545 cm³/mol. The molecule has 15 heterocycles. The smallest absolute Gasteiger partial charge is 0.237 e. The van der Waals surface area contributed by atoms with Crippen LogP contribution in [-0.4, -0.2) is 265 Å². The van der Waals surface area contributed by atoms with Crippen molar-refractivity contribution in [3.05, 3.63) is 318 Å². The topological polar surface area (TPSA) is 408 Å². The van der Waals surface area contributed by atoms with E-state index < -0.39 is 16.2 Å². The van der Waals surface area contributed by atoms with Crippen molar-refractivity contribution < 1.29 is 58.6 Å². The van der Waals surface area contributed by atoms with Gasteiger partial charge in [-0.1, -0.05) is 84.9 Å². The van der Waals surface area contributed by atoms with E-state index in [1.165, 1.54) is 41.5 Å². The summed E-state index contributed by atoms with van der Waals surface area (Å²) < 4.78 is 16.7. The van der Waals surface area contributed by atoms with Crippen LogP contribution in [0.3, 0.4) is 0 Å². The van der Waals surface area contributed by atoms with Crippen LogP contribution in [-0.2, 0) is 43.0 Å². The van der Waals surface area contributed by atoms with Crippen molar-refractivity contribution in [1.29, 1.82) is 0 Å². The van der Waals surface area contributed by atoms with Gasteiger partial charge in [-0.25, -0.2) is 45.1 Å². The maximum atomic E-state index is 13.9. The zero-order valence-corrected chi connectivity index (χ0v) is 81.0. The molecule has 0 aliphatic carbocycles. The van der Waals surface area contributed by atoms with E-state index in [2.05, 4.69) is 152 Å². The Hall–Kier alpha value is -15.6. The van der Waals surface area contributed by atoms with Crippen LogP contribution in [0.4, 0.5) is 34.1 Å². The lowest BCUT2D eigenvalue weighted by molar-refractivity contribution is -0.134. The number of nitrogens with zero attached hydrogens (tertiary/aromatic N) is 21. The Morgan fingerprint density at radius 2 is 0.717 bits per heavy atom. The van der Waals surface area contributed by atoms with E-state index in [-0.39, 0.29) is 74.9 Å². The first-order chi connectivity index (χ1) is 70.6. The second-order valence-corrected chi connectivity index (χ2v) is 37.8. The number of hydroxylamine groups is 6. The summed E-state index contributed by atoms with van der Waals surface area (Å²) in [7, 11) is 4.80. The normalized spacial score (nSPS) is 21.0. The van der Waals surface area contributed by atoms with Crippen LogP contribution in [0, 0.1) is 16.2 Å². The molecule has 12 aliphatic heterocycles. The minimum absolute atomic E-state index is 0.0531. The Morgan fingerprint density at radius 3 is 1.06 bits per heavy atom. The molecule has 9 aromatic rings. The van der Waals surface area contributed by atoms with E-state index in [9.17, 15) is 44.4 Å². The molecule has 21 rings (SSSR count). The molecule has 145 heavy (non-hydrogen) atoms. The molecule has 6 amide bonds. The average molecular weight is 1950 g/mol. The van der Waals surface area contributed by atoms with Crippen molar-refractivity contribution >= 4 is 97.8 Å². The maximum absolute atomic E-state index is 13.9. The third kappa shape index (κ3) is 22.4. The average Bonchev–Trinajstić information content (AvgIpc) is 1.65. The van der Waals surface area contributed by atoms with Crippen LogP contribution in [0.25, 0.3) is 62.4 Å². The number of aromatic nitrogens is 6. The highest BCUT2D eigenvalue weighted by atomic mass is 16.5. The molecular formula is C109H112N24O12. The number of carbonyl (C=O) groups excluding carboxylic acids is 6. The van der Waals surface area contributed by atoms with E-state index in [1.807, 2.05) is 106 Å². The molecule has 36 nitrogen and oxygen atoms in total. The molecule has 6 N–H and O–H groups in total. The fourth-order valence-electron chi connectivity index (χ4n) is 20.3. The van der Waals surface area contributed by atoms with Crippen molar-refractivity contribution in [2.75, 3.05) is 155 Å². The second kappa shape index (κ2) is 44.1. The lowest BCUT2D eigenvalue weighted by Gasteiger charge is -2.33. The first-order valence-corrected chi connectivity index (χ1v) is 48.5. The first-order valence-electron chi connectivity index (χ1n) is 48.5. The van der Waals surface area contributed by atoms with Crippen LogP contribution >= 0.6 is 0 Å². The number of rotatable bonds is 24. The molecule has 740 valence electrons. The molecule has 3 atom stereocenters. The summed E-state index contributed by atoms with van der Waals surface area (Å²) in [5.74, 6) is 2.28. The van der Waals surface area contributed by atoms with E-state index in [0.717, 1.165) is 102 Å². The standard InChI is InChI=1S/C37H38N8O4.C36H38N8O4.C36H36N8O4/c1-25-20-29(12-18-45(25)48)34-31-21-30(8-9-32(31)41-42-34)40-36(47)37(24-49-2)13-19-43(23-37)22-33(46)44-16-10-27(11-17-44)26-4-6-28(7-5-26)35-38-14-3-15-39-35;2*1-48-24-36(35(46)39-29-7-8-31-30(21-29)33(41-40-31)27-11-18-44(47)19-12-27)13-20-42(23-36)22-32(45)43-16-9-26(10-17-43)25-3-5-28(6-4-25)34-37-14-2-15-38-34/h3-10,12,14-15,18,20-21,48H,11,13,16-17,19,22-24H2,1-2H3,(H,40,47);2-8,11-12,14-15,18-19,21,26,47H,9-10,13,16-17,20,22-24H2,1H3,(H,39,46);2-9,11-12,14-15,18-19,21,47H,10,13,16-17,20,22-24H2,1H3,(H,39,46)/t37-;2*36-/m111/s1. The van der Waals surface area contributed by atoms with Gasteiger partial charge in [0.2, 0.25) is 35.4 Å². The Balaban J connectivity index is 0.000000137. The molecule has 3 aromatic heterocycles. The third-order valence-electron chi connectivity index (χ3n) is 28.3. The van der Waals surface area contributed by atoms with Crippen LogP contribution in [0.15, 0.2) is 315 Å². The third-order valence-corrected chi connectivity index (χ3v) is 28.3. The van der Waals surface area contributed by atoms with Gasteiger partial charge in [0.1, 0.15) is 17.1 Å². The highest BCUT2D eigenvalue weighted by molar-refractivity contribution is 6.00. The van der Waals surface area contributed by atoms with Crippen molar-refractivity contribution in [3.8, 4) is 34.2 Å². The van der Waals surface area contributed by atoms with Gasteiger partial charge in [-0.15, -0.1) is 30.7 Å². The van der Waals surface area contributed by atoms with Gasteiger partial charge in [0.05, 0.1) is 72.8 Å². The van der Waals surface area contributed by atoms with Gasteiger partial charge in [0.25, 0.3) is 0 Å². The second-order valence-electron chi connectivity index (χ2n) is 37.8. The van der Waals surface area contributed by atoms with Gasteiger partial charge >= 0.3 is 0 Å². The van der Waals surface area contributed by atoms with Crippen LogP contribution < -0.4 is 16.0 Å². The Labute approximate surface area is 838 Å². The molecule has 0 bridgehead atoms. The highest BCUT2D eigenvalue weighted by Gasteiger charge is 2.49. The van der Waals surface area contributed by atoms with Gasteiger partial charge in [-0.2, -0.15) is 0 Å². The van der Waals surface area contributed by atoms with E-state index in [1.54, 1.807) is 114 Å². The quantitative estimate of drug-likeness (QED) is 0.0327. The number of carbonyl (C=O) groups is 6. The highest BCUT2D eigenvalue weighted by Crippen LogP contribution is 2.46. The summed E-state index contributed by atoms with van der Waals surface area (Å²) in [6, 6.07) is 46.8. The monoisotopic (exact) mass is 1950 g/mol. The number of fused-ring (bicyclic) bond motifs is 3. The SMILES string of the molecule is COC[C@@]1(C(=O)Nc2ccc3c(c2)C(=C2C=CN(O)C(C)=C2)N=N3)CCN(CC(=O)N2CC=C(c3ccc(-c4ncccn4)cc3)CC2)C1.COC[C@@]1(C(=O)Nc2ccc3c(c2)C(=C2C=CN(O)C=C2)N=N3)CCN(CC(=O)N2CC=C(c3ccc(-c4ncccn4)cc3)CC2)C1.COC[C@@]1(C(=O)Nc2ccc3c(c2)C(=C2C=CN(O)C=C2)N=N3)CCN(CC(=O)N2CCC(c3ccc(-c4ncccn4)cc3)CC2)C1. The zero-order valence-electron chi connectivity index (χ0n) is 81.0. The lowest BCUT2D eigenvalue weighted by atomic mass is 9.86. The molecule has 6 aromatic carbocycles. The minimum Gasteiger partial charge on any atom is -0.384 e. The van der Waals surface area contributed by atoms with E-state index in [4.69, 9.17) is 14.2 Å². The molecule has 36 heteroatoms. The zero-order chi connectivity index (χ0) is 100. The summed E-state index contributed by atoms with van der Waals surface area (Å²) in [6.07, 6.45) is 38.0. The van der Waals surface area contributed by atoms with Crippen LogP contribution in [0.2, 0.25) is 0 Å². The van der Waals surface area contributed by atoms with Crippen molar-refractivity contribution in [3.63, 3.8) is 0 Å².